The van der Waals surface area contributed by atoms with Gasteiger partial charge in [0.1, 0.15) is 5.82 Å². The second-order valence-corrected chi connectivity index (χ2v) is 4.59. The highest BCUT2D eigenvalue weighted by Gasteiger charge is 2.03. The van der Waals surface area contributed by atoms with Crippen LogP contribution in [-0.4, -0.2) is 18.1 Å². The second-order valence-electron chi connectivity index (χ2n) is 4.18. The third-order valence-electron chi connectivity index (χ3n) is 2.12. The Hall–Kier alpha value is -0.800. The van der Waals surface area contributed by atoms with Gasteiger partial charge in [0, 0.05) is 13.1 Å². The fraction of sp³-hybridized carbons (Fsp3) is 0.583. The van der Waals surface area contributed by atoms with Gasteiger partial charge < -0.3 is 10.6 Å². The largest absolute Gasteiger partial charge is 0.370 e. The lowest BCUT2D eigenvalue weighted by atomic mass is 10.2. The third-order valence-corrected chi connectivity index (χ3v) is 2.47. The lowest BCUT2D eigenvalue weighted by Gasteiger charge is -2.10. The minimum absolute atomic E-state index is 0.635. The average molecular weight is 242 g/mol. The molecule has 16 heavy (non-hydrogen) atoms. The van der Waals surface area contributed by atoms with E-state index < -0.39 is 0 Å². The molecule has 1 rings (SSSR count). The van der Waals surface area contributed by atoms with E-state index in [1.165, 1.54) is 0 Å². The van der Waals surface area contributed by atoms with Crippen LogP contribution in [0, 0.1) is 5.92 Å². The van der Waals surface area contributed by atoms with E-state index in [1.807, 2.05) is 19.1 Å². The first-order chi connectivity index (χ1) is 7.63. The molecule has 0 aliphatic carbocycles. The fourth-order valence-electron chi connectivity index (χ4n) is 1.37. The molecule has 1 aromatic heterocycles. The summed E-state index contributed by atoms with van der Waals surface area (Å²) in [5, 5.41) is 7.23. The molecule has 90 valence electrons. The van der Waals surface area contributed by atoms with E-state index in [4.69, 9.17) is 11.6 Å². The Morgan fingerprint density at radius 3 is 2.75 bits per heavy atom. The number of aromatic nitrogens is 1. The van der Waals surface area contributed by atoms with Crippen LogP contribution in [0.3, 0.4) is 0 Å². The van der Waals surface area contributed by atoms with E-state index >= 15 is 0 Å². The predicted molar refractivity (Wildman–Crippen MR) is 70.0 cm³/mol. The number of halogens is 1. The van der Waals surface area contributed by atoms with Crippen LogP contribution in [0.2, 0.25) is 5.02 Å². The summed E-state index contributed by atoms with van der Waals surface area (Å²) in [6.07, 6.45) is 0. The summed E-state index contributed by atoms with van der Waals surface area (Å²) in [6.45, 7) is 8.97. The summed E-state index contributed by atoms with van der Waals surface area (Å²) < 4.78 is 0. The molecule has 0 aliphatic heterocycles. The first-order valence-corrected chi connectivity index (χ1v) is 6.11. The van der Waals surface area contributed by atoms with Crippen LogP contribution < -0.4 is 10.6 Å². The summed E-state index contributed by atoms with van der Waals surface area (Å²) in [5.41, 5.74) is 0.903. The standard InChI is InChI=1S/C12H20ClN3/c1-4-15-12-6-5-10(13)11(16-12)8-14-7-9(2)3/h5-6,9,14H,4,7-8H2,1-3H3,(H,15,16). The SMILES string of the molecule is CCNc1ccc(Cl)c(CNCC(C)C)n1. The van der Waals surface area contributed by atoms with Crippen LogP contribution in [-0.2, 0) is 6.54 Å². The molecule has 0 saturated heterocycles. The number of hydrogen-bond donors (Lipinski definition) is 2. The number of nitrogens with zero attached hydrogens (tertiary/aromatic N) is 1. The van der Waals surface area contributed by atoms with Crippen molar-refractivity contribution in [2.24, 2.45) is 5.92 Å². The van der Waals surface area contributed by atoms with Crippen molar-refractivity contribution in [1.82, 2.24) is 10.3 Å². The Bertz CT molecular complexity index is 326. The van der Waals surface area contributed by atoms with Crippen molar-refractivity contribution >= 4 is 17.4 Å². The molecule has 1 aromatic rings. The smallest absolute Gasteiger partial charge is 0.126 e. The van der Waals surface area contributed by atoms with Gasteiger partial charge in [-0.1, -0.05) is 25.4 Å². The minimum atomic E-state index is 0.635. The number of pyridine rings is 1. The van der Waals surface area contributed by atoms with Crippen molar-refractivity contribution in [2.45, 2.75) is 27.3 Å². The third kappa shape index (κ3) is 4.37. The van der Waals surface area contributed by atoms with Gasteiger partial charge in [0.2, 0.25) is 0 Å². The number of hydrogen-bond acceptors (Lipinski definition) is 3. The van der Waals surface area contributed by atoms with E-state index in [-0.39, 0.29) is 0 Å². The Morgan fingerprint density at radius 2 is 2.12 bits per heavy atom. The number of nitrogens with one attached hydrogen (secondary N) is 2. The van der Waals surface area contributed by atoms with Gasteiger partial charge in [0.15, 0.2) is 0 Å². The minimum Gasteiger partial charge on any atom is -0.370 e. The highest BCUT2D eigenvalue weighted by atomic mass is 35.5. The second kappa shape index (κ2) is 6.71. The molecule has 0 unspecified atom stereocenters. The molecular weight excluding hydrogens is 222 g/mol. The normalized spacial score (nSPS) is 10.8. The molecule has 0 bridgehead atoms. The molecule has 0 spiro atoms. The van der Waals surface area contributed by atoms with Crippen molar-refractivity contribution in [1.29, 1.82) is 0 Å². The zero-order valence-electron chi connectivity index (χ0n) is 10.2. The van der Waals surface area contributed by atoms with Gasteiger partial charge in [-0.25, -0.2) is 4.98 Å². The van der Waals surface area contributed by atoms with Crippen LogP contribution in [0.15, 0.2) is 12.1 Å². The summed E-state index contributed by atoms with van der Waals surface area (Å²) >= 11 is 6.08. The van der Waals surface area contributed by atoms with Crippen molar-refractivity contribution in [3.63, 3.8) is 0 Å². The molecule has 0 atom stereocenters. The van der Waals surface area contributed by atoms with Crippen LogP contribution in [0.1, 0.15) is 26.5 Å². The number of rotatable bonds is 6. The monoisotopic (exact) mass is 241 g/mol. The molecule has 2 N–H and O–H groups in total. The van der Waals surface area contributed by atoms with Gasteiger partial charge in [0.05, 0.1) is 10.7 Å². The molecule has 0 amide bonds. The van der Waals surface area contributed by atoms with Gasteiger partial charge in [-0.05, 0) is 31.5 Å². The molecule has 4 heteroatoms. The maximum atomic E-state index is 6.08. The first-order valence-electron chi connectivity index (χ1n) is 5.73. The van der Waals surface area contributed by atoms with Gasteiger partial charge in [-0.15, -0.1) is 0 Å². The lowest BCUT2D eigenvalue weighted by molar-refractivity contribution is 0.548. The Morgan fingerprint density at radius 1 is 1.38 bits per heavy atom. The van der Waals surface area contributed by atoms with E-state index in [0.717, 1.165) is 36.2 Å². The molecule has 3 nitrogen and oxygen atoms in total. The van der Waals surface area contributed by atoms with E-state index in [1.54, 1.807) is 0 Å². The molecule has 1 heterocycles. The Labute approximate surface area is 103 Å². The summed E-state index contributed by atoms with van der Waals surface area (Å²) in [4.78, 5) is 4.45. The average Bonchev–Trinajstić information content (AvgIpc) is 2.22. The number of anilines is 1. The van der Waals surface area contributed by atoms with Crippen LogP contribution in [0.5, 0.6) is 0 Å². The maximum absolute atomic E-state index is 6.08. The van der Waals surface area contributed by atoms with E-state index in [0.29, 0.717) is 5.92 Å². The molecule has 0 aliphatic rings. The molecule has 0 aromatic carbocycles. The zero-order valence-corrected chi connectivity index (χ0v) is 10.9. The van der Waals surface area contributed by atoms with Gasteiger partial charge in [-0.3, -0.25) is 0 Å². The topological polar surface area (TPSA) is 37.0 Å². The summed E-state index contributed by atoms with van der Waals surface area (Å²) in [7, 11) is 0. The fourth-order valence-corrected chi connectivity index (χ4v) is 1.54. The van der Waals surface area contributed by atoms with Crippen molar-refractivity contribution in [3.8, 4) is 0 Å². The molecule has 0 saturated carbocycles. The van der Waals surface area contributed by atoms with Crippen LogP contribution >= 0.6 is 11.6 Å². The lowest BCUT2D eigenvalue weighted by Crippen LogP contribution is -2.20. The quantitative estimate of drug-likeness (QED) is 0.804. The summed E-state index contributed by atoms with van der Waals surface area (Å²) in [5.74, 6) is 1.52. The Balaban J connectivity index is 2.59. The highest BCUT2D eigenvalue weighted by molar-refractivity contribution is 6.31. The zero-order chi connectivity index (χ0) is 12.0. The van der Waals surface area contributed by atoms with Crippen molar-refractivity contribution < 1.29 is 0 Å². The predicted octanol–water partition coefficient (Wildman–Crippen LogP) is 2.91. The van der Waals surface area contributed by atoms with Gasteiger partial charge >= 0.3 is 0 Å². The van der Waals surface area contributed by atoms with Crippen molar-refractivity contribution in [2.75, 3.05) is 18.4 Å². The molecule has 0 radical (unpaired) electrons. The first kappa shape index (κ1) is 13.3. The maximum Gasteiger partial charge on any atom is 0.126 e. The molecule has 0 fully saturated rings. The van der Waals surface area contributed by atoms with Crippen molar-refractivity contribution in [3.05, 3.63) is 22.8 Å². The Kier molecular flexibility index (Phi) is 5.56. The van der Waals surface area contributed by atoms with Gasteiger partial charge in [-0.2, -0.15) is 0 Å². The van der Waals surface area contributed by atoms with Crippen LogP contribution in [0.4, 0.5) is 5.82 Å². The van der Waals surface area contributed by atoms with E-state index in [2.05, 4.69) is 29.5 Å². The highest BCUT2D eigenvalue weighted by Crippen LogP contribution is 2.16. The van der Waals surface area contributed by atoms with Gasteiger partial charge in [0.25, 0.3) is 0 Å². The molecular formula is C12H20ClN3. The summed E-state index contributed by atoms with van der Waals surface area (Å²) in [6, 6.07) is 3.79. The van der Waals surface area contributed by atoms with E-state index in [9.17, 15) is 0 Å². The van der Waals surface area contributed by atoms with Crippen LogP contribution in [0.25, 0.3) is 0 Å².